The second kappa shape index (κ2) is 3.98. The number of fused-ring (bicyclic) bond motifs is 1. The molecule has 0 aliphatic carbocycles. The first kappa shape index (κ1) is 10.1. The molecule has 6 nitrogen and oxygen atoms in total. The molecule has 1 aliphatic rings. The summed E-state index contributed by atoms with van der Waals surface area (Å²) < 4.78 is 11.8. The summed E-state index contributed by atoms with van der Waals surface area (Å²) >= 11 is 0. The standard InChI is InChI=1S/C9H13N3O3/c1-6(9(13)14-2)8-11-10-7-5-15-4-3-12(7)8/h6H,3-5H2,1-2H3. The zero-order chi connectivity index (χ0) is 10.8. The van der Waals surface area contributed by atoms with E-state index in [2.05, 4.69) is 14.9 Å². The highest BCUT2D eigenvalue weighted by atomic mass is 16.5. The van der Waals surface area contributed by atoms with Crippen LogP contribution in [0, 0.1) is 0 Å². The quantitative estimate of drug-likeness (QED) is 0.648. The Hall–Kier alpha value is -1.43. The highest BCUT2D eigenvalue weighted by molar-refractivity contribution is 5.76. The molecule has 2 heterocycles. The average molecular weight is 211 g/mol. The first-order valence-corrected chi connectivity index (χ1v) is 4.81. The van der Waals surface area contributed by atoms with E-state index in [1.807, 2.05) is 4.57 Å². The van der Waals surface area contributed by atoms with Crippen molar-refractivity contribution in [2.75, 3.05) is 13.7 Å². The molecule has 1 aromatic rings. The maximum absolute atomic E-state index is 11.4. The van der Waals surface area contributed by atoms with Gasteiger partial charge in [0, 0.05) is 6.54 Å². The number of carbonyl (C=O) groups is 1. The Morgan fingerprint density at radius 3 is 3.13 bits per heavy atom. The predicted octanol–water partition coefficient (Wildman–Crippen LogP) is 0.0848. The molecule has 0 spiro atoms. The summed E-state index contributed by atoms with van der Waals surface area (Å²) in [6.45, 7) is 3.55. The van der Waals surface area contributed by atoms with Crippen molar-refractivity contribution < 1.29 is 14.3 Å². The lowest BCUT2D eigenvalue weighted by atomic mass is 10.1. The van der Waals surface area contributed by atoms with E-state index in [9.17, 15) is 4.79 Å². The van der Waals surface area contributed by atoms with Crippen LogP contribution < -0.4 is 0 Å². The van der Waals surface area contributed by atoms with Gasteiger partial charge in [-0.2, -0.15) is 0 Å². The molecule has 0 radical (unpaired) electrons. The van der Waals surface area contributed by atoms with Crippen LogP contribution in [0.4, 0.5) is 0 Å². The van der Waals surface area contributed by atoms with E-state index < -0.39 is 0 Å². The zero-order valence-corrected chi connectivity index (χ0v) is 8.77. The molecule has 82 valence electrons. The van der Waals surface area contributed by atoms with Crippen molar-refractivity contribution in [3.05, 3.63) is 11.6 Å². The van der Waals surface area contributed by atoms with E-state index >= 15 is 0 Å². The Morgan fingerprint density at radius 1 is 1.60 bits per heavy atom. The summed E-state index contributed by atoms with van der Waals surface area (Å²) in [5.41, 5.74) is 0. The lowest BCUT2D eigenvalue weighted by molar-refractivity contribution is -0.142. The Morgan fingerprint density at radius 2 is 2.40 bits per heavy atom. The van der Waals surface area contributed by atoms with Crippen LogP contribution in [0.15, 0.2) is 0 Å². The van der Waals surface area contributed by atoms with Gasteiger partial charge in [0.2, 0.25) is 0 Å². The molecule has 0 saturated heterocycles. The summed E-state index contributed by atoms with van der Waals surface area (Å²) in [4.78, 5) is 11.4. The first-order valence-electron chi connectivity index (χ1n) is 4.81. The summed E-state index contributed by atoms with van der Waals surface area (Å²) in [5.74, 6) is 0.748. The molecule has 0 aromatic carbocycles. The smallest absolute Gasteiger partial charge is 0.316 e. The fourth-order valence-corrected chi connectivity index (χ4v) is 1.62. The second-order valence-electron chi connectivity index (χ2n) is 3.42. The fraction of sp³-hybridized carbons (Fsp3) is 0.667. The first-order chi connectivity index (χ1) is 7.24. The maximum Gasteiger partial charge on any atom is 0.316 e. The summed E-state index contributed by atoms with van der Waals surface area (Å²) in [5, 5.41) is 7.97. The van der Waals surface area contributed by atoms with Crippen molar-refractivity contribution in [2.24, 2.45) is 0 Å². The van der Waals surface area contributed by atoms with Gasteiger partial charge in [0.1, 0.15) is 18.3 Å². The van der Waals surface area contributed by atoms with Crippen molar-refractivity contribution in [3.8, 4) is 0 Å². The molecule has 6 heteroatoms. The largest absolute Gasteiger partial charge is 0.468 e. The molecule has 1 atom stereocenters. The van der Waals surface area contributed by atoms with E-state index in [1.54, 1.807) is 6.92 Å². The molecule has 0 saturated carbocycles. The van der Waals surface area contributed by atoms with Crippen LogP contribution in [0.5, 0.6) is 0 Å². The summed E-state index contributed by atoms with van der Waals surface area (Å²) in [7, 11) is 1.37. The number of hydrogen-bond acceptors (Lipinski definition) is 5. The van der Waals surface area contributed by atoms with Gasteiger partial charge < -0.3 is 14.0 Å². The highest BCUT2D eigenvalue weighted by Gasteiger charge is 2.25. The van der Waals surface area contributed by atoms with Crippen LogP contribution in [0.3, 0.4) is 0 Å². The van der Waals surface area contributed by atoms with Gasteiger partial charge >= 0.3 is 5.97 Å². The molecule has 1 aromatic heterocycles. The molecule has 0 bridgehead atoms. The molecular formula is C9H13N3O3. The number of rotatable bonds is 2. The maximum atomic E-state index is 11.4. The van der Waals surface area contributed by atoms with Gasteiger partial charge in [0.05, 0.1) is 13.7 Å². The summed E-state index contributed by atoms with van der Waals surface area (Å²) in [6, 6.07) is 0. The van der Waals surface area contributed by atoms with E-state index in [0.29, 0.717) is 25.6 Å². The van der Waals surface area contributed by atoms with Gasteiger partial charge in [0.25, 0.3) is 0 Å². The molecule has 0 fully saturated rings. The third kappa shape index (κ3) is 1.72. The average Bonchev–Trinajstić information content (AvgIpc) is 2.70. The van der Waals surface area contributed by atoms with Gasteiger partial charge in [-0.1, -0.05) is 0 Å². The number of aromatic nitrogens is 3. The Balaban J connectivity index is 2.28. The molecule has 15 heavy (non-hydrogen) atoms. The summed E-state index contributed by atoms with van der Waals surface area (Å²) in [6.07, 6.45) is 0. The number of esters is 1. The van der Waals surface area contributed by atoms with Crippen LogP contribution >= 0.6 is 0 Å². The lowest BCUT2D eigenvalue weighted by Crippen LogP contribution is -2.22. The normalized spacial score (nSPS) is 16.9. The van der Waals surface area contributed by atoms with Gasteiger partial charge in [-0.3, -0.25) is 4.79 Å². The van der Waals surface area contributed by atoms with E-state index in [4.69, 9.17) is 4.74 Å². The zero-order valence-electron chi connectivity index (χ0n) is 8.77. The Bertz CT molecular complexity index is 375. The molecule has 1 aliphatic heterocycles. The Labute approximate surface area is 87.2 Å². The molecule has 1 unspecified atom stereocenters. The third-order valence-corrected chi connectivity index (χ3v) is 2.49. The van der Waals surface area contributed by atoms with Crippen molar-refractivity contribution in [1.29, 1.82) is 0 Å². The fourth-order valence-electron chi connectivity index (χ4n) is 1.62. The highest BCUT2D eigenvalue weighted by Crippen LogP contribution is 2.18. The molecular weight excluding hydrogens is 198 g/mol. The lowest BCUT2D eigenvalue weighted by Gasteiger charge is -2.17. The molecule has 0 amide bonds. The van der Waals surface area contributed by atoms with Crippen molar-refractivity contribution >= 4 is 5.97 Å². The number of hydrogen-bond donors (Lipinski definition) is 0. The van der Waals surface area contributed by atoms with Crippen LogP contribution in [0.1, 0.15) is 24.5 Å². The van der Waals surface area contributed by atoms with Crippen molar-refractivity contribution in [3.63, 3.8) is 0 Å². The van der Waals surface area contributed by atoms with Crippen molar-refractivity contribution in [1.82, 2.24) is 14.8 Å². The molecule has 0 N–H and O–H groups in total. The van der Waals surface area contributed by atoms with Gasteiger partial charge in [0.15, 0.2) is 5.82 Å². The number of methoxy groups -OCH3 is 1. The number of carbonyl (C=O) groups excluding carboxylic acids is 1. The predicted molar refractivity (Wildman–Crippen MR) is 50.1 cm³/mol. The monoisotopic (exact) mass is 211 g/mol. The second-order valence-corrected chi connectivity index (χ2v) is 3.42. The van der Waals surface area contributed by atoms with Crippen molar-refractivity contribution in [2.45, 2.75) is 26.0 Å². The van der Waals surface area contributed by atoms with Crippen LogP contribution in [-0.2, 0) is 27.4 Å². The van der Waals surface area contributed by atoms with E-state index in [0.717, 1.165) is 5.82 Å². The third-order valence-electron chi connectivity index (χ3n) is 2.49. The molecule has 2 rings (SSSR count). The topological polar surface area (TPSA) is 66.2 Å². The SMILES string of the molecule is COC(=O)C(C)c1nnc2n1CCOC2. The van der Waals surface area contributed by atoms with Gasteiger partial charge in [-0.05, 0) is 6.92 Å². The minimum atomic E-state index is -0.380. The van der Waals surface area contributed by atoms with Crippen LogP contribution in [-0.4, -0.2) is 34.5 Å². The van der Waals surface area contributed by atoms with Crippen LogP contribution in [0.25, 0.3) is 0 Å². The van der Waals surface area contributed by atoms with Gasteiger partial charge in [-0.25, -0.2) is 0 Å². The Kier molecular flexibility index (Phi) is 2.68. The van der Waals surface area contributed by atoms with E-state index in [-0.39, 0.29) is 11.9 Å². The minimum Gasteiger partial charge on any atom is -0.468 e. The van der Waals surface area contributed by atoms with E-state index in [1.165, 1.54) is 7.11 Å². The number of nitrogens with zero attached hydrogens (tertiary/aromatic N) is 3. The minimum absolute atomic E-state index is 0.295. The van der Waals surface area contributed by atoms with Crippen LogP contribution in [0.2, 0.25) is 0 Å². The number of ether oxygens (including phenoxy) is 2. The van der Waals surface area contributed by atoms with Gasteiger partial charge in [-0.15, -0.1) is 10.2 Å².